The number of thiophene rings is 1. The van der Waals surface area contributed by atoms with Crippen LogP contribution >= 0.6 is 22.9 Å². The average Bonchev–Trinajstić information content (AvgIpc) is 2.58. The maximum atomic E-state index is 6.07. The quantitative estimate of drug-likeness (QED) is 0.800. The molecule has 86 valence electrons. The first-order valence-electron chi connectivity index (χ1n) is 5.42. The molecule has 1 N–H and O–H groups in total. The van der Waals surface area contributed by atoms with Crippen LogP contribution < -0.4 is 5.32 Å². The first-order chi connectivity index (χ1) is 7.05. The Labute approximate surface area is 102 Å². The lowest BCUT2D eigenvalue weighted by atomic mass is 9.84. The number of hydrogen-bond donors (Lipinski definition) is 1. The molecule has 1 aromatic heterocycles. The van der Waals surface area contributed by atoms with Gasteiger partial charge in [0.05, 0.1) is 5.02 Å². The fraction of sp³-hybridized carbons (Fsp3) is 0.667. The van der Waals surface area contributed by atoms with E-state index in [0.717, 1.165) is 18.0 Å². The molecule has 0 aliphatic heterocycles. The van der Waals surface area contributed by atoms with Gasteiger partial charge in [-0.25, -0.2) is 0 Å². The van der Waals surface area contributed by atoms with Gasteiger partial charge in [-0.1, -0.05) is 25.4 Å². The predicted molar refractivity (Wildman–Crippen MR) is 70.0 cm³/mol. The zero-order chi connectivity index (χ0) is 11.3. The average molecular weight is 246 g/mol. The van der Waals surface area contributed by atoms with Crippen LogP contribution in [0.3, 0.4) is 0 Å². The van der Waals surface area contributed by atoms with Crippen molar-refractivity contribution < 1.29 is 0 Å². The van der Waals surface area contributed by atoms with Crippen LogP contribution in [0.4, 0.5) is 0 Å². The van der Waals surface area contributed by atoms with E-state index in [0.29, 0.717) is 5.41 Å². The summed E-state index contributed by atoms with van der Waals surface area (Å²) in [6.07, 6.45) is 3.52. The van der Waals surface area contributed by atoms with Gasteiger partial charge in [0, 0.05) is 4.88 Å². The Morgan fingerprint density at radius 3 is 2.67 bits per heavy atom. The largest absolute Gasteiger partial charge is 0.320 e. The van der Waals surface area contributed by atoms with Crippen LogP contribution in [0.2, 0.25) is 5.02 Å². The van der Waals surface area contributed by atoms with E-state index in [-0.39, 0.29) is 0 Å². The molecule has 1 heterocycles. The molecule has 0 unspecified atom stereocenters. The van der Waals surface area contributed by atoms with E-state index in [1.54, 1.807) is 11.3 Å². The molecule has 0 aliphatic carbocycles. The molecule has 0 atom stereocenters. The summed E-state index contributed by atoms with van der Waals surface area (Å²) in [6, 6.07) is 1.99. The van der Waals surface area contributed by atoms with Gasteiger partial charge in [-0.3, -0.25) is 0 Å². The highest BCUT2D eigenvalue weighted by Crippen LogP contribution is 2.30. The summed E-state index contributed by atoms with van der Waals surface area (Å²) in [5, 5.41) is 6.21. The van der Waals surface area contributed by atoms with Gasteiger partial charge in [0.2, 0.25) is 0 Å². The Kier molecular flexibility index (Phi) is 5.10. The second-order valence-electron chi connectivity index (χ2n) is 4.71. The van der Waals surface area contributed by atoms with Crippen molar-refractivity contribution in [1.82, 2.24) is 5.32 Å². The Morgan fingerprint density at radius 2 is 2.13 bits per heavy atom. The van der Waals surface area contributed by atoms with Crippen LogP contribution in [0.25, 0.3) is 0 Å². The van der Waals surface area contributed by atoms with Gasteiger partial charge in [-0.15, -0.1) is 11.3 Å². The molecule has 1 aromatic rings. The first kappa shape index (κ1) is 13.0. The normalized spacial score (nSPS) is 12.0. The highest BCUT2D eigenvalue weighted by atomic mass is 35.5. The molecule has 0 radical (unpaired) electrons. The fourth-order valence-electron chi connectivity index (χ4n) is 1.54. The smallest absolute Gasteiger partial charge is 0.0544 e. The lowest BCUT2D eigenvalue weighted by molar-refractivity contribution is 0.306. The van der Waals surface area contributed by atoms with E-state index in [9.17, 15) is 0 Å². The van der Waals surface area contributed by atoms with Crippen molar-refractivity contribution in [3.05, 3.63) is 21.3 Å². The molecular formula is C12H20ClNS. The molecule has 3 heteroatoms. The molecule has 0 amide bonds. The number of rotatable bonds is 6. The lowest BCUT2D eigenvalue weighted by Crippen LogP contribution is -2.20. The minimum atomic E-state index is 0.399. The van der Waals surface area contributed by atoms with Gasteiger partial charge in [0.25, 0.3) is 0 Å². The minimum Gasteiger partial charge on any atom is -0.320 e. The lowest BCUT2D eigenvalue weighted by Gasteiger charge is -2.24. The highest BCUT2D eigenvalue weighted by Gasteiger charge is 2.17. The Hall–Kier alpha value is -0.0500. The van der Waals surface area contributed by atoms with E-state index in [2.05, 4.69) is 24.5 Å². The SMILES string of the molecule is CNCCC(C)(C)CCc1sccc1Cl. The van der Waals surface area contributed by atoms with E-state index in [1.807, 2.05) is 13.1 Å². The highest BCUT2D eigenvalue weighted by molar-refractivity contribution is 7.10. The molecular weight excluding hydrogens is 226 g/mol. The van der Waals surface area contributed by atoms with Gasteiger partial charge >= 0.3 is 0 Å². The van der Waals surface area contributed by atoms with E-state index < -0.39 is 0 Å². The van der Waals surface area contributed by atoms with Crippen molar-refractivity contribution in [3.63, 3.8) is 0 Å². The Morgan fingerprint density at radius 1 is 1.40 bits per heavy atom. The predicted octanol–water partition coefficient (Wildman–Crippen LogP) is 3.97. The third-order valence-electron chi connectivity index (χ3n) is 2.77. The molecule has 0 fully saturated rings. The number of nitrogens with one attached hydrogen (secondary N) is 1. The van der Waals surface area contributed by atoms with E-state index >= 15 is 0 Å². The Balaban J connectivity index is 2.39. The van der Waals surface area contributed by atoms with Crippen molar-refractivity contribution in [3.8, 4) is 0 Å². The van der Waals surface area contributed by atoms with Crippen molar-refractivity contribution in [2.45, 2.75) is 33.1 Å². The van der Waals surface area contributed by atoms with Crippen molar-refractivity contribution >= 4 is 22.9 Å². The molecule has 0 aliphatic rings. The molecule has 1 nitrogen and oxygen atoms in total. The maximum absolute atomic E-state index is 6.07. The van der Waals surface area contributed by atoms with Gasteiger partial charge in [0.15, 0.2) is 0 Å². The van der Waals surface area contributed by atoms with Gasteiger partial charge < -0.3 is 5.32 Å². The van der Waals surface area contributed by atoms with Gasteiger partial charge in [-0.2, -0.15) is 0 Å². The van der Waals surface area contributed by atoms with Crippen LogP contribution in [-0.2, 0) is 6.42 Å². The minimum absolute atomic E-state index is 0.399. The summed E-state index contributed by atoms with van der Waals surface area (Å²) >= 11 is 7.84. The summed E-state index contributed by atoms with van der Waals surface area (Å²) in [6.45, 7) is 5.74. The standard InChI is InChI=1S/C12H20ClNS/c1-12(2,7-8-14-3)6-4-11-10(13)5-9-15-11/h5,9,14H,4,6-8H2,1-3H3. The first-order valence-corrected chi connectivity index (χ1v) is 6.67. The number of aryl methyl sites for hydroxylation is 1. The summed E-state index contributed by atoms with van der Waals surface area (Å²) < 4.78 is 0. The molecule has 1 rings (SSSR count). The van der Waals surface area contributed by atoms with Crippen molar-refractivity contribution in [2.24, 2.45) is 5.41 Å². The second kappa shape index (κ2) is 5.88. The van der Waals surface area contributed by atoms with Gasteiger partial charge in [-0.05, 0) is 49.7 Å². The number of hydrogen-bond acceptors (Lipinski definition) is 2. The molecule has 0 saturated heterocycles. The van der Waals surface area contributed by atoms with Crippen LogP contribution in [0, 0.1) is 5.41 Å². The zero-order valence-electron chi connectivity index (χ0n) is 9.77. The zero-order valence-corrected chi connectivity index (χ0v) is 11.3. The maximum Gasteiger partial charge on any atom is 0.0544 e. The molecule has 15 heavy (non-hydrogen) atoms. The van der Waals surface area contributed by atoms with Gasteiger partial charge in [0.1, 0.15) is 0 Å². The third-order valence-corrected chi connectivity index (χ3v) is 4.22. The molecule has 0 aromatic carbocycles. The van der Waals surface area contributed by atoms with E-state index in [4.69, 9.17) is 11.6 Å². The summed E-state index contributed by atoms with van der Waals surface area (Å²) in [4.78, 5) is 1.33. The summed E-state index contributed by atoms with van der Waals surface area (Å²) in [5.74, 6) is 0. The summed E-state index contributed by atoms with van der Waals surface area (Å²) in [5.41, 5.74) is 0.399. The van der Waals surface area contributed by atoms with Crippen molar-refractivity contribution in [2.75, 3.05) is 13.6 Å². The topological polar surface area (TPSA) is 12.0 Å². The monoisotopic (exact) mass is 245 g/mol. The fourth-order valence-corrected chi connectivity index (χ4v) is 2.68. The number of halogens is 1. The van der Waals surface area contributed by atoms with Crippen LogP contribution in [-0.4, -0.2) is 13.6 Å². The van der Waals surface area contributed by atoms with E-state index in [1.165, 1.54) is 17.7 Å². The van der Waals surface area contributed by atoms with Crippen LogP contribution in [0.5, 0.6) is 0 Å². The van der Waals surface area contributed by atoms with Crippen LogP contribution in [0.1, 0.15) is 31.6 Å². The second-order valence-corrected chi connectivity index (χ2v) is 6.12. The third kappa shape index (κ3) is 4.54. The van der Waals surface area contributed by atoms with Crippen molar-refractivity contribution in [1.29, 1.82) is 0 Å². The molecule has 0 saturated carbocycles. The molecule has 0 spiro atoms. The molecule has 0 bridgehead atoms. The Bertz CT molecular complexity index is 294. The summed E-state index contributed by atoms with van der Waals surface area (Å²) in [7, 11) is 2.01. The van der Waals surface area contributed by atoms with Crippen LogP contribution in [0.15, 0.2) is 11.4 Å².